The second-order valence-electron chi connectivity index (χ2n) is 9.27. The van der Waals surface area contributed by atoms with E-state index in [1.165, 1.54) is 0 Å². The van der Waals surface area contributed by atoms with Crippen LogP contribution in [0.3, 0.4) is 0 Å². The van der Waals surface area contributed by atoms with Gasteiger partial charge in [-0.3, -0.25) is 9.29 Å². The van der Waals surface area contributed by atoms with Gasteiger partial charge in [0.05, 0.1) is 13.3 Å². The molecule has 1 fully saturated rings. The van der Waals surface area contributed by atoms with Gasteiger partial charge in [-0.15, -0.1) is 0 Å². The number of allylic oxidation sites excluding steroid dienone is 1. The Morgan fingerprint density at radius 1 is 1.03 bits per heavy atom. The highest BCUT2D eigenvalue weighted by atomic mass is 19.1. The van der Waals surface area contributed by atoms with Crippen LogP contribution < -0.4 is 9.47 Å². The van der Waals surface area contributed by atoms with Gasteiger partial charge in [0.15, 0.2) is 0 Å². The summed E-state index contributed by atoms with van der Waals surface area (Å²) in [6.45, 7) is 4.78. The van der Waals surface area contributed by atoms with Gasteiger partial charge in [0.25, 0.3) is 0 Å². The third-order valence-corrected chi connectivity index (χ3v) is 6.84. The molecule has 0 amide bonds. The molecule has 0 aromatic heterocycles. The van der Waals surface area contributed by atoms with Gasteiger partial charge in [0, 0.05) is 36.7 Å². The Labute approximate surface area is 205 Å². The summed E-state index contributed by atoms with van der Waals surface area (Å²) in [6, 6.07) is 20.9. The fraction of sp³-hybridized carbons (Fsp3) is 0.310. The van der Waals surface area contributed by atoms with E-state index < -0.39 is 0 Å². The molecule has 3 aromatic rings. The molecule has 0 bridgehead atoms. The van der Waals surface area contributed by atoms with Crippen LogP contribution >= 0.6 is 0 Å². The molecule has 2 heterocycles. The van der Waals surface area contributed by atoms with E-state index in [2.05, 4.69) is 4.90 Å². The normalized spacial score (nSPS) is 18.1. The van der Waals surface area contributed by atoms with Gasteiger partial charge < -0.3 is 19.7 Å². The summed E-state index contributed by atoms with van der Waals surface area (Å²) in [5, 5.41) is 19.5. The maximum atomic E-state index is 12.6. The molecule has 5 rings (SSSR count). The number of halogens is 1. The zero-order valence-electron chi connectivity index (χ0n) is 19.8. The zero-order chi connectivity index (χ0) is 24.4. The Balaban J connectivity index is 1.38. The van der Waals surface area contributed by atoms with Crippen LogP contribution in [0.25, 0.3) is 11.1 Å². The third-order valence-electron chi connectivity index (χ3n) is 6.84. The van der Waals surface area contributed by atoms with Gasteiger partial charge in [-0.25, -0.2) is 0 Å². The van der Waals surface area contributed by atoms with Gasteiger partial charge in [0.2, 0.25) is 0 Å². The number of fused-ring (bicyclic) bond motifs is 1. The number of hydrogen-bond donors (Lipinski definition) is 2. The van der Waals surface area contributed by atoms with Crippen molar-refractivity contribution in [2.24, 2.45) is 5.92 Å². The van der Waals surface area contributed by atoms with Crippen molar-refractivity contribution in [2.45, 2.75) is 19.6 Å². The number of likely N-dealkylation sites (tertiary alicyclic amines) is 1. The van der Waals surface area contributed by atoms with Gasteiger partial charge in [-0.05, 0) is 59.5 Å². The van der Waals surface area contributed by atoms with Crippen molar-refractivity contribution in [3.8, 4) is 17.2 Å². The molecule has 0 unspecified atom stereocenters. The maximum Gasteiger partial charge on any atom is 0.150 e. The molecule has 0 saturated carbocycles. The summed E-state index contributed by atoms with van der Waals surface area (Å²) in [5.41, 5.74) is 5.75. The first-order chi connectivity index (χ1) is 17.1. The molecule has 6 heteroatoms. The van der Waals surface area contributed by atoms with Crippen molar-refractivity contribution in [1.29, 1.82) is 0 Å². The summed E-state index contributed by atoms with van der Waals surface area (Å²) in [7, 11) is 0. The van der Waals surface area contributed by atoms with Crippen molar-refractivity contribution < 1.29 is 24.1 Å². The highest BCUT2D eigenvalue weighted by Crippen LogP contribution is 2.47. The zero-order valence-corrected chi connectivity index (χ0v) is 19.8. The minimum absolute atomic E-state index is 0.00933. The van der Waals surface area contributed by atoms with Crippen LogP contribution in [0.1, 0.15) is 35.3 Å². The van der Waals surface area contributed by atoms with E-state index in [1.54, 1.807) is 18.2 Å². The number of phenols is 1. The number of benzene rings is 3. The molecule has 182 valence electrons. The summed E-state index contributed by atoms with van der Waals surface area (Å²) in [6.07, 6.45) is -0.334. The third kappa shape index (κ3) is 4.90. The van der Waals surface area contributed by atoms with Crippen LogP contribution in [0.5, 0.6) is 17.2 Å². The van der Waals surface area contributed by atoms with Crippen LogP contribution in [0.2, 0.25) is 0 Å². The highest BCUT2D eigenvalue weighted by molar-refractivity contribution is 5.95. The second-order valence-corrected chi connectivity index (χ2v) is 9.27. The van der Waals surface area contributed by atoms with Crippen molar-refractivity contribution in [3.63, 3.8) is 0 Å². The van der Waals surface area contributed by atoms with Crippen molar-refractivity contribution >= 4 is 11.1 Å². The van der Waals surface area contributed by atoms with Crippen molar-refractivity contribution in [3.05, 3.63) is 89.0 Å². The van der Waals surface area contributed by atoms with Crippen LogP contribution in [-0.2, 0) is 6.61 Å². The number of alkyl halides is 1. The molecular weight excluding hydrogens is 445 g/mol. The van der Waals surface area contributed by atoms with E-state index in [0.29, 0.717) is 6.61 Å². The average molecular weight is 476 g/mol. The van der Waals surface area contributed by atoms with E-state index in [4.69, 9.17) is 9.47 Å². The molecule has 2 N–H and O–H groups in total. The first-order valence-electron chi connectivity index (χ1n) is 12.0. The minimum Gasteiger partial charge on any atom is -0.508 e. The number of phenolic OH excluding ortho intramolecular Hbond substituents is 1. The molecule has 0 radical (unpaired) electrons. The topological polar surface area (TPSA) is 62.2 Å². The Morgan fingerprint density at radius 3 is 2.46 bits per heavy atom. The van der Waals surface area contributed by atoms with Gasteiger partial charge >= 0.3 is 0 Å². The first-order valence-corrected chi connectivity index (χ1v) is 12.0. The molecular formula is C29H30FNO4. The number of ether oxygens (including phenoxy) is 2. The predicted molar refractivity (Wildman–Crippen MR) is 134 cm³/mol. The number of hydrogen-bond acceptors (Lipinski definition) is 5. The van der Waals surface area contributed by atoms with Crippen LogP contribution in [0.15, 0.2) is 66.7 Å². The molecule has 5 nitrogen and oxygen atoms in total. The highest BCUT2D eigenvalue weighted by Gasteiger charge is 2.30. The van der Waals surface area contributed by atoms with Crippen LogP contribution in [0.4, 0.5) is 4.39 Å². The monoisotopic (exact) mass is 475 g/mol. The van der Waals surface area contributed by atoms with Crippen molar-refractivity contribution in [2.75, 3.05) is 32.9 Å². The fourth-order valence-corrected chi connectivity index (χ4v) is 4.82. The fourth-order valence-electron chi connectivity index (χ4n) is 4.82. The Kier molecular flexibility index (Phi) is 6.75. The first kappa shape index (κ1) is 23.4. The summed E-state index contributed by atoms with van der Waals surface area (Å²) in [4.78, 5) is 2.20. The SMILES string of the molecule is CC1=C(c2ccc(CO)cc2)[C@@H](c2ccc(OCCN3CC(CF)C3)cc2)Oc2ccc(O)cc21. The number of aliphatic hydroxyl groups excluding tert-OH is 1. The van der Waals surface area contributed by atoms with Gasteiger partial charge in [-0.2, -0.15) is 0 Å². The summed E-state index contributed by atoms with van der Waals surface area (Å²) < 4.78 is 25.0. The van der Waals surface area contributed by atoms with E-state index >= 15 is 0 Å². The minimum atomic E-state index is -0.334. The lowest BCUT2D eigenvalue weighted by Gasteiger charge is -2.37. The van der Waals surface area contributed by atoms with Crippen LogP contribution in [0, 0.1) is 5.92 Å². The number of aliphatic hydroxyl groups is 1. The van der Waals surface area contributed by atoms with Crippen molar-refractivity contribution in [1.82, 2.24) is 4.90 Å². The lowest BCUT2D eigenvalue weighted by molar-refractivity contribution is 0.0668. The predicted octanol–water partition coefficient (Wildman–Crippen LogP) is 5.23. The lowest BCUT2D eigenvalue weighted by Crippen LogP contribution is -2.49. The molecule has 3 aromatic carbocycles. The van der Waals surface area contributed by atoms with E-state index in [9.17, 15) is 14.6 Å². The smallest absolute Gasteiger partial charge is 0.150 e. The van der Waals surface area contributed by atoms with Crippen LogP contribution in [-0.4, -0.2) is 48.0 Å². The van der Waals surface area contributed by atoms with E-state index in [-0.39, 0.29) is 31.1 Å². The van der Waals surface area contributed by atoms with Gasteiger partial charge in [0.1, 0.15) is 30.0 Å². The average Bonchev–Trinajstić information content (AvgIpc) is 2.86. The quantitative estimate of drug-likeness (QED) is 0.467. The molecule has 0 aliphatic carbocycles. The Hall–Kier alpha value is -3.35. The Bertz CT molecular complexity index is 1200. The molecule has 2 aliphatic rings. The van der Waals surface area contributed by atoms with E-state index in [1.807, 2.05) is 55.5 Å². The largest absolute Gasteiger partial charge is 0.508 e. The second kappa shape index (κ2) is 10.1. The summed E-state index contributed by atoms with van der Waals surface area (Å²) >= 11 is 0. The van der Waals surface area contributed by atoms with E-state index in [0.717, 1.165) is 64.5 Å². The number of rotatable bonds is 8. The molecule has 1 atom stereocenters. The van der Waals surface area contributed by atoms with Gasteiger partial charge in [-0.1, -0.05) is 36.4 Å². The lowest BCUT2D eigenvalue weighted by atomic mass is 9.86. The standard InChI is InChI=1S/C29H30FNO4/c1-19-26-14-24(33)8-11-27(26)35-29(28(19)22-4-2-20(18-32)3-5-22)23-6-9-25(10-7-23)34-13-12-31-16-21(15-30)17-31/h2-11,14,21,29,32-33H,12-13,15-18H2,1H3/t29-/m1/s1. The molecule has 0 spiro atoms. The summed E-state index contributed by atoms with van der Waals surface area (Å²) in [5.74, 6) is 1.89. The Morgan fingerprint density at radius 2 is 1.77 bits per heavy atom. The molecule has 35 heavy (non-hydrogen) atoms. The number of nitrogens with zero attached hydrogens (tertiary/aromatic N) is 1. The molecule has 2 aliphatic heterocycles. The molecule has 1 saturated heterocycles. The maximum absolute atomic E-state index is 12.6. The number of aromatic hydroxyl groups is 1.